The lowest BCUT2D eigenvalue weighted by Crippen LogP contribution is -2.41. The Morgan fingerprint density at radius 2 is 2.20 bits per heavy atom. The minimum absolute atomic E-state index is 0.0629. The van der Waals surface area contributed by atoms with E-state index in [2.05, 4.69) is 19.9 Å². The van der Waals surface area contributed by atoms with Gasteiger partial charge in [0.05, 0.1) is 17.9 Å². The van der Waals surface area contributed by atoms with Crippen LogP contribution in [0, 0.1) is 11.8 Å². The van der Waals surface area contributed by atoms with Crippen molar-refractivity contribution in [1.29, 1.82) is 0 Å². The Morgan fingerprint density at radius 3 is 2.96 bits per heavy atom. The van der Waals surface area contributed by atoms with Crippen molar-refractivity contribution in [3.05, 3.63) is 18.6 Å². The summed E-state index contributed by atoms with van der Waals surface area (Å²) in [7, 11) is 1.93. The van der Waals surface area contributed by atoms with Gasteiger partial charge < -0.3 is 19.5 Å². The Morgan fingerprint density at radius 1 is 1.36 bits per heavy atom. The van der Waals surface area contributed by atoms with Crippen LogP contribution in [0.5, 0.6) is 0 Å². The molecule has 0 spiro atoms. The van der Waals surface area contributed by atoms with Gasteiger partial charge in [-0.25, -0.2) is 9.97 Å². The predicted molar refractivity (Wildman–Crippen MR) is 95.4 cm³/mol. The summed E-state index contributed by atoms with van der Waals surface area (Å²) in [6, 6.07) is 2.03. The average molecular weight is 343 g/mol. The van der Waals surface area contributed by atoms with Crippen LogP contribution in [0.3, 0.4) is 0 Å². The fourth-order valence-electron chi connectivity index (χ4n) is 3.96. The van der Waals surface area contributed by atoms with Crippen LogP contribution in [0.4, 0.5) is 5.82 Å². The van der Waals surface area contributed by atoms with Crippen molar-refractivity contribution in [2.24, 2.45) is 11.8 Å². The summed E-state index contributed by atoms with van der Waals surface area (Å²) in [6.07, 6.45) is 6.55. The van der Waals surface area contributed by atoms with Gasteiger partial charge in [0.25, 0.3) is 0 Å². The highest BCUT2D eigenvalue weighted by Gasteiger charge is 2.29. The van der Waals surface area contributed by atoms with Crippen LogP contribution in [0.1, 0.15) is 19.3 Å². The molecule has 2 fully saturated rings. The van der Waals surface area contributed by atoms with Gasteiger partial charge in [0.2, 0.25) is 5.91 Å². The number of carbonyl (C=O) groups excluding carboxylic acids is 1. The van der Waals surface area contributed by atoms with Crippen LogP contribution in [0.15, 0.2) is 18.6 Å². The number of hydrogen-bond donors (Lipinski definition) is 1. The molecule has 7 nitrogen and oxygen atoms in total. The minimum atomic E-state index is 0.0629. The average Bonchev–Trinajstić information content (AvgIpc) is 3.33. The highest BCUT2D eigenvalue weighted by Crippen LogP contribution is 2.27. The van der Waals surface area contributed by atoms with E-state index >= 15 is 0 Å². The second kappa shape index (κ2) is 7.00. The van der Waals surface area contributed by atoms with Crippen LogP contribution >= 0.6 is 0 Å². The van der Waals surface area contributed by atoms with E-state index in [9.17, 15) is 4.79 Å². The maximum absolute atomic E-state index is 12.4. The van der Waals surface area contributed by atoms with E-state index in [1.807, 2.05) is 24.2 Å². The Labute approximate surface area is 147 Å². The SMILES string of the molecule is CN(CC1CCN(c2ncnc3[nH]ccc23)CC1)C(=O)C1CCOC1. The molecule has 2 aliphatic rings. The number of fused-ring (bicyclic) bond motifs is 1. The van der Waals surface area contributed by atoms with E-state index < -0.39 is 0 Å². The summed E-state index contributed by atoms with van der Waals surface area (Å²) in [6.45, 7) is 4.08. The van der Waals surface area contributed by atoms with E-state index in [-0.39, 0.29) is 11.8 Å². The minimum Gasteiger partial charge on any atom is -0.381 e. The lowest BCUT2D eigenvalue weighted by molar-refractivity contribution is -0.134. The summed E-state index contributed by atoms with van der Waals surface area (Å²) in [4.78, 5) is 28.6. The van der Waals surface area contributed by atoms with Gasteiger partial charge in [-0.3, -0.25) is 4.79 Å². The Balaban J connectivity index is 1.34. The van der Waals surface area contributed by atoms with Gasteiger partial charge in [-0.1, -0.05) is 0 Å². The van der Waals surface area contributed by atoms with Crippen LogP contribution in [0.2, 0.25) is 0 Å². The van der Waals surface area contributed by atoms with E-state index in [0.29, 0.717) is 12.5 Å². The molecule has 0 bridgehead atoms. The Hall–Kier alpha value is -2.15. The molecule has 0 aromatic carbocycles. The molecule has 1 unspecified atom stereocenters. The number of H-pyrrole nitrogens is 1. The van der Waals surface area contributed by atoms with Crippen LogP contribution in [-0.2, 0) is 9.53 Å². The zero-order valence-electron chi connectivity index (χ0n) is 14.6. The third-order valence-corrected chi connectivity index (χ3v) is 5.43. The van der Waals surface area contributed by atoms with Gasteiger partial charge in [-0.15, -0.1) is 0 Å². The van der Waals surface area contributed by atoms with Crippen molar-refractivity contribution in [3.63, 3.8) is 0 Å². The van der Waals surface area contributed by atoms with Gasteiger partial charge in [0.1, 0.15) is 17.8 Å². The molecule has 1 atom stereocenters. The number of amides is 1. The summed E-state index contributed by atoms with van der Waals surface area (Å²) in [5.74, 6) is 1.87. The molecule has 2 aromatic rings. The Bertz CT molecular complexity index is 732. The fraction of sp³-hybridized carbons (Fsp3) is 0.611. The molecule has 2 saturated heterocycles. The summed E-state index contributed by atoms with van der Waals surface area (Å²) >= 11 is 0. The Kier molecular flexibility index (Phi) is 4.57. The van der Waals surface area contributed by atoms with Crippen LogP contribution in [-0.4, -0.2) is 65.7 Å². The number of aromatic nitrogens is 3. The van der Waals surface area contributed by atoms with Gasteiger partial charge >= 0.3 is 0 Å². The third kappa shape index (κ3) is 3.33. The molecule has 0 saturated carbocycles. The van der Waals surface area contributed by atoms with Crippen molar-refractivity contribution in [2.45, 2.75) is 19.3 Å². The molecule has 4 rings (SSSR count). The number of carbonyl (C=O) groups is 1. The van der Waals surface area contributed by atoms with Crippen molar-refractivity contribution >= 4 is 22.8 Å². The van der Waals surface area contributed by atoms with Crippen molar-refractivity contribution in [2.75, 3.05) is 44.8 Å². The molecule has 1 amide bonds. The first kappa shape index (κ1) is 16.3. The lowest BCUT2D eigenvalue weighted by atomic mass is 9.95. The summed E-state index contributed by atoms with van der Waals surface area (Å²) < 4.78 is 5.34. The van der Waals surface area contributed by atoms with Crippen molar-refractivity contribution in [1.82, 2.24) is 19.9 Å². The third-order valence-electron chi connectivity index (χ3n) is 5.43. The molecule has 134 valence electrons. The number of piperidine rings is 1. The number of hydrogen-bond acceptors (Lipinski definition) is 5. The van der Waals surface area contributed by atoms with Crippen LogP contribution in [0.25, 0.3) is 11.0 Å². The van der Waals surface area contributed by atoms with Crippen molar-refractivity contribution in [3.8, 4) is 0 Å². The molecular weight excluding hydrogens is 318 g/mol. The highest BCUT2D eigenvalue weighted by molar-refractivity contribution is 5.87. The predicted octanol–water partition coefficient (Wildman–Crippen LogP) is 1.67. The molecular formula is C18H25N5O2. The summed E-state index contributed by atoms with van der Waals surface area (Å²) in [5, 5.41) is 1.08. The van der Waals surface area contributed by atoms with E-state index in [1.54, 1.807) is 6.33 Å². The highest BCUT2D eigenvalue weighted by atomic mass is 16.5. The molecule has 1 N–H and O–H groups in total. The van der Waals surface area contributed by atoms with Gasteiger partial charge in [-0.2, -0.15) is 0 Å². The first-order valence-corrected chi connectivity index (χ1v) is 9.08. The maximum Gasteiger partial charge on any atom is 0.227 e. The number of nitrogens with zero attached hydrogens (tertiary/aromatic N) is 4. The molecule has 0 aliphatic carbocycles. The first-order valence-electron chi connectivity index (χ1n) is 9.08. The number of ether oxygens (including phenoxy) is 1. The topological polar surface area (TPSA) is 74.4 Å². The molecule has 0 radical (unpaired) electrons. The molecule has 4 heterocycles. The van der Waals surface area contributed by atoms with E-state index in [4.69, 9.17) is 4.74 Å². The summed E-state index contributed by atoms with van der Waals surface area (Å²) in [5.41, 5.74) is 0.885. The maximum atomic E-state index is 12.4. The molecule has 2 aliphatic heterocycles. The number of anilines is 1. The fourth-order valence-corrected chi connectivity index (χ4v) is 3.96. The number of nitrogens with one attached hydrogen (secondary N) is 1. The second-order valence-corrected chi connectivity index (χ2v) is 7.15. The standard InChI is InChI=1S/C18H25N5O2/c1-22(18(24)14-5-9-25-11-14)10-13-3-7-23(8-4-13)17-15-2-6-19-16(15)20-12-21-17/h2,6,12-14H,3-5,7-11H2,1H3,(H,19,20,21). The monoisotopic (exact) mass is 343 g/mol. The van der Waals surface area contributed by atoms with Crippen molar-refractivity contribution < 1.29 is 9.53 Å². The first-order chi connectivity index (χ1) is 12.2. The second-order valence-electron chi connectivity index (χ2n) is 7.15. The normalized spacial score (nSPS) is 21.8. The van der Waals surface area contributed by atoms with E-state index in [0.717, 1.165) is 62.4 Å². The zero-order chi connectivity index (χ0) is 17.2. The quantitative estimate of drug-likeness (QED) is 0.914. The molecule has 7 heteroatoms. The zero-order valence-corrected chi connectivity index (χ0v) is 14.6. The van der Waals surface area contributed by atoms with Gasteiger partial charge in [0, 0.05) is 39.5 Å². The number of rotatable bonds is 4. The largest absolute Gasteiger partial charge is 0.381 e. The molecule has 25 heavy (non-hydrogen) atoms. The lowest BCUT2D eigenvalue weighted by Gasteiger charge is -2.35. The van der Waals surface area contributed by atoms with Gasteiger partial charge in [-0.05, 0) is 31.2 Å². The molecule has 2 aromatic heterocycles. The van der Waals surface area contributed by atoms with Gasteiger partial charge in [0.15, 0.2) is 0 Å². The van der Waals surface area contributed by atoms with Crippen LogP contribution < -0.4 is 4.90 Å². The smallest absolute Gasteiger partial charge is 0.227 e. The number of aromatic amines is 1. The van der Waals surface area contributed by atoms with E-state index in [1.165, 1.54) is 0 Å².